The minimum Gasteiger partial charge on any atom is -0.489 e. The standard InChI is InChI=1S/C21H17F5N2O2S/c1-11-17(19(29)28-13-8-20(22,23)9-13)15-7-14(4-5-16(15)31-11)30-10-12-3-2-6-27-18(12)21(24,25)26/h2-7,13H,8-10H2,1H3,(H,28,29). The lowest BCUT2D eigenvalue weighted by Gasteiger charge is -2.35. The van der Waals surface area contributed by atoms with E-state index in [1.165, 1.54) is 23.5 Å². The van der Waals surface area contributed by atoms with Gasteiger partial charge in [0.1, 0.15) is 12.4 Å². The van der Waals surface area contributed by atoms with Crippen molar-refractivity contribution >= 4 is 27.3 Å². The number of ether oxygens (including phenoxy) is 1. The van der Waals surface area contributed by atoms with Gasteiger partial charge in [-0.15, -0.1) is 11.3 Å². The van der Waals surface area contributed by atoms with Crippen molar-refractivity contribution in [3.05, 3.63) is 58.2 Å². The fourth-order valence-electron chi connectivity index (χ4n) is 3.56. The number of pyridine rings is 1. The Kier molecular flexibility index (Phi) is 5.36. The highest BCUT2D eigenvalue weighted by Gasteiger charge is 2.46. The number of nitrogens with one attached hydrogen (secondary N) is 1. The average Bonchev–Trinajstić information content (AvgIpc) is 2.99. The number of aromatic nitrogens is 1. The number of thiophene rings is 1. The zero-order valence-electron chi connectivity index (χ0n) is 16.2. The fraction of sp³-hybridized carbons (Fsp3) is 0.333. The summed E-state index contributed by atoms with van der Waals surface area (Å²) in [7, 11) is 0. The Bertz CT molecular complexity index is 1130. The summed E-state index contributed by atoms with van der Waals surface area (Å²) in [4.78, 5) is 16.8. The summed E-state index contributed by atoms with van der Waals surface area (Å²) in [6.45, 7) is 1.40. The van der Waals surface area contributed by atoms with E-state index >= 15 is 0 Å². The predicted octanol–water partition coefficient (Wildman–Crippen LogP) is 5.73. The van der Waals surface area contributed by atoms with Crippen LogP contribution < -0.4 is 10.1 Å². The molecule has 4 nitrogen and oxygen atoms in total. The zero-order chi connectivity index (χ0) is 22.4. The first-order valence-electron chi connectivity index (χ1n) is 9.39. The van der Waals surface area contributed by atoms with Crippen molar-refractivity contribution in [2.75, 3.05) is 0 Å². The molecule has 3 aromatic rings. The summed E-state index contributed by atoms with van der Waals surface area (Å²) >= 11 is 1.37. The van der Waals surface area contributed by atoms with Crippen LogP contribution in [0.15, 0.2) is 36.5 Å². The number of carbonyl (C=O) groups is 1. The monoisotopic (exact) mass is 456 g/mol. The van der Waals surface area contributed by atoms with E-state index in [-0.39, 0.29) is 30.8 Å². The molecule has 10 heteroatoms. The highest BCUT2D eigenvalue weighted by Crippen LogP contribution is 2.39. The number of fused-ring (bicyclic) bond motifs is 1. The quantitative estimate of drug-likeness (QED) is 0.499. The number of aryl methyl sites for hydroxylation is 1. The topological polar surface area (TPSA) is 51.2 Å². The molecule has 1 aromatic carbocycles. The minimum absolute atomic E-state index is 0.111. The molecule has 0 spiro atoms. The van der Waals surface area contributed by atoms with E-state index in [1.807, 2.05) is 0 Å². The van der Waals surface area contributed by atoms with Gasteiger partial charge in [-0.3, -0.25) is 9.78 Å². The first-order valence-corrected chi connectivity index (χ1v) is 10.2. The molecular formula is C21H17F5N2O2S. The fourth-order valence-corrected chi connectivity index (χ4v) is 4.60. The minimum atomic E-state index is -4.60. The molecule has 0 unspecified atom stereocenters. The molecule has 0 radical (unpaired) electrons. The average molecular weight is 456 g/mol. The van der Waals surface area contributed by atoms with Crippen molar-refractivity contribution in [1.29, 1.82) is 0 Å². The summed E-state index contributed by atoms with van der Waals surface area (Å²) in [5.41, 5.74) is -0.765. The van der Waals surface area contributed by atoms with Crippen LogP contribution in [0.25, 0.3) is 10.1 Å². The van der Waals surface area contributed by atoms with Crippen LogP contribution in [-0.2, 0) is 12.8 Å². The van der Waals surface area contributed by atoms with Gasteiger partial charge in [-0.25, -0.2) is 8.78 Å². The molecule has 0 bridgehead atoms. The SMILES string of the molecule is Cc1sc2ccc(OCc3cccnc3C(F)(F)F)cc2c1C(=O)NC1CC(F)(F)C1. The van der Waals surface area contributed by atoms with Gasteiger partial charge in [-0.05, 0) is 31.2 Å². The van der Waals surface area contributed by atoms with E-state index < -0.39 is 29.7 Å². The Morgan fingerprint density at radius 2 is 2.03 bits per heavy atom. The number of rotatable bonds is 5. The summed E-state index contributed by atoms with van der Waals surface area (Å²) in [5.74, 6) is -2.91. The maximum Gasteiger partial charge on any atom is 0.433 e. The number of carbonyl (C=O) groups excluding carboxylic acids is 1. The molecule has 1 fully saturated rings. The van der Waals surface area contributed by atoms with Gasteiger partial charge >= 0.3 is 6.18 Å². The summed E-state index contributed by atoms with van der Waals surface area (Å²) in [5, 5.41) is 3.18. The predicted molar refractivity (Wildman–Crippen MR) is 106 cm³/mol. The van der Waals surface area contributed by atoms with Crippen LogP contribution >= 0.6 is 11.3 Å². The lowest BCUT2D eigenvalue weighted by atomic mass is 9.88. The van der Waals surface area contributed by atoms with E-state index in [0.29, 0.717) is 15.8 Å². The first kappa shape index (κ1) is 21.5. The van der Waals surface area contributed by atoms with E-state index in [4.69, 9.17) is 4.74 Å². The molecular weight excluding hydrogens is 439 g/mol. The summed E-state index contributed by atoms with van der Waals surface area (Å²) < 4.78 is 71.8. The lowest BCUT2D eigenvalue weighted by Crippen LogP contribution is -2.50. The second kappa shape index (κ2) is 7.74. The maximum atomic E-state index is 13.1. The third-order valence-corrected chi connectivity index (χ3v) is 6.13. The summed E-state index contributed by atoms with van der Waals surface area (Å²) in [6, 6.07) is 7.00. The van der Waals surface area contributed by atoms with E-state index in [0.717, 1.165) is 10.9 Å². The maximum absolute atomic E-state index is 13.1. The molecule has 1 saturated carbocycles. The number of alkyl halides is 5. The zero-order valence-corrected chi connectivity index (χ0v) is 17.0. The van der Waals surface area contributed by atoms with Crippen LogP contribution in [0.2, 0.25) is 0 Å². The Balaban J connectivity index is 1.55. The van der Waals surface area contributed by atoms with Crippen molar-refractivity contribution < 1.29 is 31.5 Å². The van der Waals surface area contributed by atoms with Crippen molar-refractivity contribution in [2.24, 2.45) is 0 Å². The van der Waals surface area contributed by atoms with E-state index in [9.17, 15) is 26.7 Å². The summed E-state index contributed by atoms with van der Waals surface area (Å²) in [6.07, 6.45) is -4.31. The van der Waals surface area contributed by atoms with E-state index in [2.05, 4.69) is 10.3 Å². The molecule has 31 heavy (non-hydrogen) atoms. The molecule has 0 aliphatic heterocycles. The molecule has 2 heterocycles. The Labute approximate surface area is 178 Å². The number of halogens is 5. The van der Waals surface area contributed by atoms with Gasteiger partial charge in [-0.2, -0.15) is 13.2 Å². The Morgan fingerprint density at radius 3 is 2.71 bits per heavy atom. The molecule has 1 aliphatic rings. The van der Waals surface area contributed by atoms with Gasteiger partial charge in [0, 0.05) is 45.6 Å². The van der Waals surface area contributed by atoms with Crippen molar-refractivity contribution in [1.82, 2.24) is 10.3 Å². The number of hydrogen-bond acceptors (Lipinski definition) is 4. The van der Waals surface area contributed by atoms with Crippen LogP contribution in [0.3, 0.4) is 0 Å². The van der Waals surface area contributed by atoms with Gasteiger partial charge in [0.15, 0.2) is 5.69 Å². The molecule has 2 aromatic heterocycles. The molecule has 1 N–H and O–H groups in total. The van der Waals surface area contributed by atoms with Crippen LogP contribution in [0.5, 0.6) is 5.75 Å². The van der Waals surface area contributed by atoms with Gasteiger partial charge < -0.3 is 10.1 Å². The van der Waals surface area contributed by atoms with Gasteiger partial charge in [0.05, 0.1) is 5.56 Å². The molecule has 164 valence electrons. The lowest BCUT2D eigenvalue weighted by molar-refractivity contribution is -0.142. The van der Waals surface area contributed by atoms with Crippen LogP contribution in [0.4, 0.5) is 22.0 Å². The van der Waals surface area contributed by atoms with Crippen LogP contribution in [-0.4, -0.2) is 22.9 Å². The Hall–Kier alpha value is -2.75. The molecule has 0 atom stereocenters. The number of hydrogen-bond donors (Lipinski definition) is 1. The van der Waals surface area contributed by atoms with Crippen molar-refractivity contribution in [2.45, 2.75) is 44.5 Å². The molecule has 0 saturated heterocycles. The molecule has 1 aliphatic carbocycles. The highest BCUT2D eigenvalue weighted by molar-refractivity contribution is 7.19. The number of benzene rings is 1. The largest absolute Gasteiger partial charge is 0.489 e. The smallest absolute Gasteiger partial charge is 0.433 e. The second-order valence-corrected chi connectivity index (χ2v) is 8.68. The Morgan fingerprint density at radius 1 is 1.29 bits per heavy atom. The first-order chi connectivity index (χ1) is 14.5. The van der Waals surface area contributed by atoms with Gasteiger partial charge in [0.25, 0.3) is 11.8 Å². The van der Waals surface area contributed by atoms with Crippen molar-refractivity contribution in [3.63, 3.8) is 0 Å². The van der Waals surface area contributed by atoms with Gasteiger partial charge in [0.2, 0.25) is 0 Å². The third-order valence-electron chi connectivity index (χ3n) is 5.04. The van der Waals surface area contributed by atoms with Crippen LogP contribution in [0.1, 0.15) is 39.3 Å². The third kappa shape index (κ3) is 4.48. The second-order valence-electron chi connectivity index (χ2n) is 7.42. The number of amides is 1. The number of nitrogens with zero attached hydrogens (tertiary/aromatic N) is 1. The normalized spacial score (nSPS) is 16.2. The molecule has 1 amide bonds. The van der Waals surface area contributed by atoms with Crippen LogP contribution in [0, 0.1) is 6.92 Å². The van der Waals surface area contributed by atoms with Gasteiger partial charge in [-0.1, -0.05) is 6.07 Å². The van der Waals surface area contributed by atoms with E-state index in [1.54, 1.807) is 25.1 Å². The van der Waals surface area contributed by atoms with Crippen molar-refractivity contribution in [3.8, 4) is 5.75 Å². The molecule has 4 rings (SSSR count). The highest BCUT2D eigenvalue weighted by atomic mass is 32.1.